The molecule has 20 heteroatoms. The number of amidine groups is 4. The second-order valence-corrected chi connectivity index (χ2v) is 10.6. The Morgan fingerprint density at radius 1 is 0.481 bits per heavy atom. The van der Waals surface area contributed by atoms with Gasteiger partial charge in [-0.3, -0.25) is 40.5 Å². The number of benzene rings is 4. The summed E-state index contributed by atoms with van der Waals surface area (Å²) >= 11 is 0. The summed E-state index contributed by atoms with van der Waals surface area (Å²) in [7, 11) is 0. The summed E-state index contributed by atoms with van der Waals surface area (Å²) in [5.41, 5.74) is 1.26. The summed E-state index contributed by atoms with van der Waals surface area (Å²) in [4.78, 5) is 60.4. The number of allylic oxidation sites excluding steroid dienone is 2. The molecule has 2 aliphatic heterocycles. The Hall–Kier alpha value is -8.16. The van der Waals surface area contributed by atoms with Crippen molar-refractivity contribution in [3.8, 4) is 0 Å². The molecule has 0 unspecified atom stereocenters. The van der Waals surface area contributed by atoms with Gasteiger partial charge in [-0.1, -0.05) is 0 Å². The Balaban J connectivity index is 1.31. The number of hydrogen-bond donors (Lipinski definition) is 4. The van der Waals surface area contributed by atoms with E-state index in [9.17, 15) is 40.5 Å². The number of nitrogens with zero attached hydrogens (tertiary/aromatic N) is 8. The van der Waals surface area contributed by atoms with Crippen LogP contribution in [0.5, 0.6) is 0 Å². The lowest BCUT2D eigenvalue weighted by Crippen LogP contribution is -2.28. The molecule has 0 fully saturated rings. The van der Waals surface area contributed by atoms with Crippen LogP contribution in [-0.2, 0) is 0 Å². The number of anilines is 2. The topological polar surface area (TPSA) is 270 Å². The number of hydrogen-bond acceptors (Lipinski definition) is 14. The lowest BCUT2D eigenvalue weighted by molar-refractivity contribution is -0.385. The number of non-ortho nitro benzene ring substituents is 4. The molecule has 0 spiro atoms. The van der Waals surface area contributed by atoms with Crippen LogP contribution in [0.4, 0.5) is 45.5 Å². The highest BCUT2D eigenvalue weighted by molar-refractivity contribution is 6.47. The molecule has 6 rings (SSSR count). The molecule has 0 bridgehead atoms. The second-order valence-electron chi connectivity index (χ2n) is 10.6. The maximum Gasteiger partial charge on any atom is 0.269 e. The molecule has 20 nitrogen and oxygen atoms in total. The summed E-state index contributed by atoms with van der Waals surface area (Å²) in [6.45, 7) is 0. The molecule has 4 aromatic carbocycles. The van der Waals surface area contributed by atoms with Crippen LogP contribution in [0.2, 0.25) is 0 Å². The Labute approximate surface area is 291 Å². The van der Waals surface area contributed by atoms with Gasteiger partial charge in [-0.15, -0.1) is 0 Å². The highest BCUT2D eigenvalue weighted by Gasteiger charge is 2.22. The van der Waals surface area contributed by atoms with Gasteiger partial charge >= 0.3 is 0 Å². The van der Waals surface area contributed by atoms with Gasteiger partial charge in [-0.2, -0.15) is 0 Å². The molecule has 258 valence electrons. The van der Waals surface area contributed by atoms with E-state index in [4.69, 9.17) is 0 Å². The first-order valence-corrected chi connectivity index (χ1v) is 14.8. The van der Waals surface area contributed by atoms with E-state index in [1.807, 2.05) is 0 Å². The molecule has 0 amide bonds. The van der Waals surface area contributed by atoms with Crippen molar-refractivity contribution in [2.45, 2.75) is 0 Å². The smallest absolute Gasteiger partial charge is 0.269 e. The standard InChI is InChI=1S/C32H22N12O8/c45-41(46)23-9-1-19(2-10-23)33-29-30(34-20-3-11-24(12-4-20)42(47)48)38-27(37-29)17-18-28-39-31(35-21-5-13-25(14-6-21)43(49)50)32(40-28)36-22-7-15-26(16-8-22)44(51)52/h1-18H,(H,33,37)(H,34,38)(H,35,39)(H,36,40). The Morgan fingerprint density at radius 2 is 0.769 bits per heavy atom. The Kier molecular flexibility index (Phi) is 9.43. The average Bonchev–Trinajstić information content (AvgIpc) is 3.70. The minimum Gasteiger partial charge on any atom is -0.337 e. The van der Waals surface area contributed by atoms with Crippen molar-refractivity contribution in [1.82, 2.24) is 10.6 Å². The SMILES string of the molecule is O=[N+]([O-])c1ccc(N=C2N/C(=C/C=C3\N=C(Nc4ccc([N+](=O)[O-])cc4)C(=Nc4ccc([N+](=O)[O-])cc4)N3)N=C2Nc2ccc([N+](=O)[O-])cc2)cc1. The van der Waals surface area contributed by atoms with Gasteiger partial charge in [0.1, 0.15) is 11.6 Å². The van der Waals surface area contributed by atoms with Crippen LogP contribution >= 0.6 is 0 Å². The molecule has 0 saturated heterocycles. The highest BCUT2D eigenvalue weighted by Crippen LogP contribution is 2.23. The maximum atomic E-state index is 11.1. The quantitative estimate of drug-likeness (QED) is 0.116. The number of nitrogens with one attached hydrogen (secondary N) is 4. The van der Waals surface area contributed by atoms with Crippen LogP contribution in [0.1, 0.15) is 0 Å². The van der Waals surface area contributed by atoms with Crippen molar-refractivity contribution in [1.29, 1.82) is 0 Å². The monoisotopic (exact) mass is 702 g/mol. The van der Waals surface area contributed by atoms with E-state index < -0.39 is 19.7 Å². The van der Waals surface area contributed by atoms with Crippen molar-refractivity contribution < 1.29 is 19.7 Å². The first-order valence-electron chi connectivity index (χ1n) is 14.8. The van der Waals surface area contributed by atoms with E-state index >= 15 is 0 Å². The molecule has 4 N–H and O–H groups in total. The molecule has 52 heavy (non-hydrogen) atoms. The van der Waals surface area contributed by atoms with E-state index in [0.717, 1.165) is 0 Å². The summed E-state index contributed by atoms with van der Waals surface area (Å²) in [6, 6.07) is 22.3. The number of rotatable bonds is 9. The molecule has 0 atom stereocenters. The lowest BCUT2D eigenvalue weighted by atomic mass is 10.2. The number of aliphatic imine (C=N–C) groups is 4. The van der Waals surface area contributed by atoms with Gasteiger partial charge in [0.05, 0.1) is 31.1 Å². The van der Waals surface area contributed by atoms with Crippen LogP contribution in [0.15, 0.2) is 141 Å². The van der Waals surface area contributed by atoms with Gasteiger partial charge in [-0.05, 0) is 60.7 Å². The minimum absolute atomic E-state index is 0.104. The molecule has 0 radical (unpaired) electrons. The van der Waals surface area contributed by atoms with E-state index in [1.165, 1.54) is 97.1 Å². The van der Waals surface area contributed by atoms with Crippen molar-refractivity contribution in [3.05, 3.63) is 161 Å². The van der Waals surface area contributed by atoms with Gasteiger partial charge < -0.3 is 21.3 Å². The molecule has 0 aromatic heterocycles. The zero-order valence-corrected chi connectivity index (χ0v) is 26.2. The third kappa shape index (κ3) is 8.10. The van der Waals surface area contributed by atoms with Gasteiger partial charge in [0.15, 0.2) is 23.3 Å². The van der Waals surface area contributed by atoms with Crippen LogP contribution < -0.4 is 21.3 Å². The molecular weight excluding hydrogens is 680 g/mol. The van der Waals surface area contributed by atoms with E-state index in [0.29, 0.717) is 34.4 Å². The molecule has 0 saturated carbocycles. The minimum atomic E-state index is -0.531. The second kappa shape index (κ2) is 14.5. The third-order valence-electron chi connectivity index (χ3n) is 7.09. The fourth-order valence-electron chi connectivity index (χ4n) is 4.58. The van der Waals surface area contributed by atoms with E-state index in [-0.39, 0.29) is 46.1 Å². The zero-order chi connectivity index (χ0) is 36.8. The van der Waals surface area contributed by atoms with Gasteiger partial charge in [-0.25, -0.2) is 20.0 Å². The van der Waals surface area contributed by atoms with Crippen LogP contribution in [-0.4, -0.2) is 43.0 Å². The van der Waals surface area contributed by atoms with Crippen LogP contribution in [0, 0.1) is 40.5 Å². The highest BCUT2D eigenvalue weighted by atomic mass is 16.6. The van der Waals surface area contributed by atoms with Crippen molar-refractivity contribution in [3.63, 3.8) is 0 Å². The maximum absolute atomic E-state index is 11.1. The van der Waals surface area contributed by atoms with Crippen LogP contribution in [0.3, 0.4) is 0 Å². The predicted molar refractivity (Wildman–Crippen MR) is 191 cm³/mol. The fraction of sp³-hybridized carbons (Fsp3) is 0. The Morgan fingerprint density at radius 3 is 1.06 bits per heavy atom. The molecular formula is C32H22N12O8. The summed E-state index contributed by atoms with van der Waals surface area (Å²) in [5.74, 6) is 1.53. The number of nitro benzene ring substituents is 4. The number of nitro groups is 4. The Bertz CT molecular complexity index is 2120. The zero-order valence-electron chi connectivity index (χ0n) is 26.2. The van der Waals surface area contributed by atoms with Gasteiger partial charge in [0.25, 0.3) is 22.7 Å². The van der Waals surface area contributed by atoms with E-state index in [2.05, 4.69) is 41.2 Å². The average molecular weight is 703 g/mol. The van der Waals surface area contributed by atoms with Crippen LogP contribution in [0.25, 0.3) is 0 Å². The normalized spacial score (nSPS) is 16.6. The summed E-state index contributed by atoms with van der Waals surface area (Å²) in [6.07, 6.45) is 3.14. The van der Waals surface area contributed by atoms with Gasteiger partial charge in [0, 0.05) is 59.9 Å². The summed E-state index contributed by atoms with van der Waals surface area (Å²) in [5, 5.41) is 56.6. The first-order chi connectivity index (χ1) is 25.0. The van der Waals surface area contributed by atoms with E-state index in [1.54, 1.807) is 12.2 Å². The third-order valence-corrected chi connectivity index (χ3v) is 7.09. The molecule has 4 aromatic rings. The van der Waals surface area contributed by atoms with Gasteiger partial charge in [0.2, 0.25) is 0 Å². The molecule has 2 heterocycles. The lowest BCUT2D eigenvalue weighted by Gasteiger charge is -2.07. The molecule has 0 aliphatic carbocycles. The van der Waals surface area contributed by atoms with Crippen molar-refractivity contribution >= 4 is 68.8 Å². The largest absolute Gasteiger partial charge is 0.337 e. The first kappa shape index (κ1) is 33.7. The molecule has 2 aliphatic rings. The van der Waals surface area contributed by atoms with Crippen molar-refractivity contribution in [2.24, 2.45) is 20.0 Å². The predicted octanol–water partition coefficient (Wildman–Crippen LogP) is 5.99. The fourth-order valence-corrected chi connectivity index (χ4v) is 4.58. The van der Waals surface area contributed by atoms with Crippen molar-refractivity contribution in [2.75, 3.05) is 10.6 Å². The summed E-state index contributed by atoms with van der Waals surface area (Å²) < 4.78 is 0.